The molecule has 4 aliphatic rings. The number of carbonyl (C=O) groups excluding carboxylic acids is 1. The molecule has 0 radical (unpaired) electrons. The molecule has 2 N–H and O–H groups in total. The summed E-state index contributed by atoms with van der Waals surface area (Å²) in [4.78, 5) is 23.6. The molecule has 0 saturated heterocycles. The Labute approximate surface area is 170 Å². The first kappa shape index (κ1) is 19.3. The summed E-state index contributed by atoms with van der Waals surface area (Å²) in [6, 6.07) is 3.18. The summed E-state index contributed by atoms with van der Waals surface area (Å²) in [5.41, 5.74) is 2.13. The SMILES string of the molecule is Cc1ccc([N+](=O)[O-])c(NC(=S)NC(=O)CC23CC4CC(CC(C4)C2)C3)c1C. The minimum atomic E-state index is -0.436. The number of thiocarbonyl (C=S) groups is 1. The second-order valence-corrected chi connectivity index (χ2v) is 9.66. The first-order valence-corrected chi connectivity index (χ1v) is 10.5. The van der Waals surface area contributed by atoms with Gasteiger partial charge in [-0.1, -0.05) is 6.07 Å². The van der Waals surface area contributed by atoms with Gasteiger partial charge in [-0.2, -0.15) is 0 Å². The van der Waals surface area contributed by atoms with Gasteiger partial charge in [-0.25, -0.2) is 0 Å². The molecule has 28 heavy (non-hydrogen) atoms. The lowest BCUT2D eigenvalue weighted by atomic mass is 9.49. The van der Waals surface area contributed by atoms with Crippen LogP contribution in [0.3, 0.4) is 0 Å². The van der Waals surface area contributed by atoms with Crippen LogP contribution >= 0.6 is 12.2 Å². The maximum Gasteiger partial charge on any atom is 0.293 e. The number of nitro groups is 1. The fourth-order valence-electron chi connectivity index (χ4n) is 6.27. The van der Waals surface area contributed by atoms with E-state index in [1.165, 1.54) is 25.3 Å². The van der Waals surface area contributed by atoms with Gasteiger partial charge in [0.15, 0.2) is 5.11 Å². The molecule has 150 valence electrons. The van der Waals surface area contributed by atoms with Crippen LogP contribution in [0.1, 0.15) is 56.1 Å². The topological polar surface area (TPSA) is 84.3 Å². The van der Waals surface area contributed by atoms with Gasteiger partial charge >= 0.3 is 0 Å². The number of hydrogen-bond donors (Lipinski definition) is 2. The van der Waals surface area contributed by atoms with E-state index in [0.29, 0.717) is 12.1 Å². The molecular formula is C21H27N3O3S. The van der Waals surface area contributed by atoms with E-state index in [-0.39, 0.29) is 22.1 Å². The Morgan fingerprint density at radius 3 is 2.29 bits per heavy atom. The average Bonchev–Trinajstić information content (AvgIpc) is 2.56. The molecule has 6 nitrogen and oxygen atoms in total. The number of hydrogen-bond acceptors (Lipinski definition) is 4. The molecule has 0 atom stereocenters. The Hall–Kier alpha value is -2.02. The van der Waals surface area contributed by atoms with Gasteiger partial charge in [0, 0.05) is 12.5 Å². The molecule has 0 aromatic heterocycles. The molecular weight excluding hydrogens is 374 g/mol. The van der Waals surface area contributed by atoms with Gasteiger partial charge in [0.05, 0.1) is 4.92 Å². The van der Waals surface area contributed by atoms with Crippen LogP contribution in [-0.2, 0) is 4.79 Å². The standard InChI is InChI=1S/C21H27N3O3S/c1-12-3-4-17(24(26)27)19(13(12)2)23-20(28)22-18(25)11-21-8-14-5-15(9-21)7-16(6-14)10-21/h3-4,14-16H,5-11H2,1-2H3,(H2,22,23,25,28). The predicted octanol–water partition coefficient (Wildman–Crippen LogP) is 4.63. The summed E-state index contributed by atoms with van der Waals surface area (Å²) in [6.45, 7) is 3.70. The molecule has 4 aliphatic carbocycles. The first-order valence-electron chi connectivity index (χ1n) is 10.1. The fourth-order valence-corrected chi connectivity index (χ4v) is 6.49. The highest BCUT2D eigenvalue weighted by atomic mass is 32.1. The Bertz CT molecular complexity index is 816. The van der Waals surface area contributed by atoms with Crippen molar-refractivity contribution in [2.45, 2.75) is 58.8 Å². The zero-order valence-corrected chi connectivity index (χ0v) is 17.2. The molecule has 0 aliphatic heterocycles. The van der Waals surface area contributed by atoms with E-state index in [1.54, 1.807) is 6.07 Å². The zero-order chi connectivity index (χ0) is 20.1. The van der Waals surface area contributed by atoms with E-state index in [1.807, 2.05) is 13.8 Å². The third-order valence-electron chi connectivity index (χ3n) is 7.10. The lowest BCUT2D eigenvalue weighted by Gasteiger charge is -2.56. The van der Waals surface area contributed by atoms with Crippen molar-refractivity contribution in [1.29, 1.82) is 0 Å². The summed E-state index contributed by atoms with van der Waals surface area (Å²) in [7, 11) is 0. The number of amides is 1. The molecule has 1 amide bonds. The van der Waals surface area contributed by atoms with Crippen LogP contribution in [0.4, 0.5) is 11.4 Å². The lowest BCUT2D eigenvalue weighted by Crippen LogP contribution is -2.48. The molecule has 1 aromatic rings. The van der Waals surface area contributed by atoms with Crippen molar-refractivity contribution >= 4 is 34.6 Å². The van der Waals surface area contributed by atoms with E-state index >= 15 is 0 Å². The number of nitrogens with one attached hydrogen (secondary N) is 2. The van der Waals surface area contributed by atoms with Crippen molar-refractivity contribution < 1.29 is 9.72 Å². The molecule has 4 bridgehead atoms. The number of nitro benzene ring substituents is 1. The van der Waals surface area contributed by atoms with Crippen LogP contribution in [0, 0.1) is 47.1 Å². The maximum absolute atomic E-state index is 12.7. The second kappa shape index (κ2) is 7.10. The highest BCUT2D eigenvalue weighted by Gasteiger charge is 2.51. The zero-order valence-electron chi connectivity index (χ0n) is 16.4. The predicted molar refractivity (Wildman–Crippen MR) is 112 cm³/mol. The number of aryl methyl sites for hydroxylation is 1. The first-order chi connectivity index (χ1) is 13.2. The van der Waals surface area contributed by atoms with Gasteiger partial charge in [-0.3, -0.25) is 14.9 Å². The third-order valence-corrected chi connectivity index (χ3v) is 7.31. The van der Waals surface area contributed by atoms with Gasteiger partial charge in [0.1, 0.15) is 5.69 Å². The Morgan fingerprint density at radius 2 is 1.75 bits per heavy atom. The van der Waals surface area contributed by atoms with E-state index in [2.05, 4.69) is 10.6 Å². The number of carbonyl (C=O) groups is 1. The largest absolute Gasteiger partial charge is 0.327 e. The van der Waals surface area contributed by atoms with Crippen molar-refractivity contribution in [3.8, 4) is 0 Å². The van der Waals surface area contributed by atoms with Gasteiger partial charge in [0.25, 0.3) is 5.69 Å². The monoisotopic (exact) mass is 401 g/mol. The molecule has 4 saturated carbocycles. The van der Waals surface area contributed by atoms with Crippen LogP contribution in [-0.4, -0.2) is 15.9 Å². The van der Waals surface area contributed by atoms with Gasteiger partial charge in [0.2, 0.25) is 5.91 Å². The quantitative estimate of drug-likeness (QED) is 0.436. The van der Waals surface area contributed by atoms with Crippen molar-refractivity contribution in [2.75, 3.05) is 5.32 Å². The Kier molecular flexibility index (Phi) is 4.89. The smallest absolute Gasteiger partial charge is 0.293 e. The van der Waals surface area contributed by atoms with Crippen LogP contribution in [0.2, 0.25) is 0 Å². The molecule has 1 aromatic carbocycles. The van der Waals surface area contributed by atoms with Crippen molar-refractivity contribution in [3.63, 3.8) is 0 Å². The van der Waals surface area contributed by atoms with Crippen LogP contribution in [0.25, 0.3) is 0 Å². The highest BCUT2D eigenvalue weighted by Crippen LogP contribution is 2.61. The van der Waals surface area contributed by atoms with Crippen molar-refractivity contribution in [3.05, 3.63) is 33.4 Å². The molecule has 0 unspecified atom stereocenters. The van der Waals surface area contributed by atoms with Crippen molar-refractivity contribution in [2.24, 2.45) is 23.2 Å². The normalized spacial score (nSPS) is 30.1. The molecule has 0 spiro atoms. The second-order valence-electron chi connectivity index (χ2n) is 9.26. The summed E-state index contributed by atoms with van der Waals surface area (Å²) >= 11 is 5.31. The molecule has 4 fully saturated rings. The minimum Gasteiger partial charge on any atom is -0.327 e. The van der Waals surface area contributed by atoms with Gasteiger partial charge < -0.3 is 10.6 Å². The summed E-state index contributed by atoms with van der Waals surface area (Å²) in [5, 5.41) is 17.1. The van der Waals surface area contributed by atoms with E-state index in [0.717, 1.165) is 48.1 Å². The molecule has 0 heterocycles. The fraction of sp³-hybridized carbons (Fsp3) is 0.619. The van der Waals surface area contributed by atoms with Crippen LogP contribution in [0.15, 0.2) is 12.1 Å². The highest BCUT2D eigenvalue weighted by molar-refractivity contribution is 7.80. The maximum atomic E-state index is 12.7. The van der Waals surface area contributed by atoms with Crippen molar-refractivity contribution in [1.82, 2.24) is 5.32 Å². The third kappa shape index (κ3) is 3.64. The summed E-state index contributed by atoms with van der Waals surface area (Å²) in [5.74, 6) is 2.30. The lowest BCUT2D eigenvalue weighted by molar-refractivity contribution is -0.383. The van der Waals surface area contributed by atoms with E-state index < -0.39 is 4.92 Å². The number of benzene rings is 1. The van der Waals surface area contributed by atoms with E-state index in [9.17, 15) is 14.9 Å². The Morgan fingerprint density at radius 1 is 1.18 bits per heavy atom. The number of nitrogens with zero attached hydrogens (tertiary/aromatic N) is 1. The average molecular weight is 402 g/mol. The Balaban J connectivity index is 1.42. The number of anilines is 1. The number of rotatable bonds is 4. The van der Waals surface area contributed by atoms with Crippen LogP contribution in [0.5, 0.6) is 0 Å². The minimum absolute atomic E-state index is 0.0409. The molecule has 5 rings (SSSR count). The molecule has 7 heteroatoms. The van der Waals surface area contributed by atoms with E-state index in [4.69, 9.17) is 12.2 Å². The van der Waals surface area contributed by atoms with Gasteiger partial charge in [-0.15, -0.1) is 0 Å². The van der Waals surface area contributed by atoms with Crippen LogP contribution < -0.4 is 10.6 Å². The summed E-state index contributed by atoms with van der Waals surface area (Å²) < 4.78 is 0. The van der Waals surface area contributed by atoms with Gasteiger partial charge in [-0.05, 0) is 98.9 Å². The summed E-state index contributed by atoms with van der Waals surface area (Å²) in [6.07, 6.45) is 8.03.